The Morgan fingerprint density at radius 1 is 0.875 bits per heavy atom. The zero-order valence-electron chi connectivity index (χ0n) is 19.1. The van der Waals surface area contributed by atoms with E-state index in [4.69, 9.17) is 18.9 Å². The first-order chi connectivity index (χ1) is 15.5. The second-order valence-corrected chi connectivity index (χ2v) is 8.07. The molecule has 3 rings (SSSR count). The fraction of sp³-hybridized carbons (Fsp3) is 0.462. The van der Waals surface area contributed by atoms with Gasteiger partial charge in [-0.15, -0.1) is 0 Å². The van der Waals surface area contributed by atoms with E-state index in [1.165, 1.54) is 44.8 Å². The number of carbonyl (C=O) groups is 2. The van der Waals surface area contributed by atoms with Crippen molar-refractivity contribution in [2.75, 3.05) is 27.9 Å². The van der Waals surface area contributed by atoms with Gasteiger partial charge in [0, 0.05) is 12.0 Å². The molecule has 32 heavy (non-hydrogen) atoms. The molecule has 0 N–H and O–H groups in total. The Morgan fingerprint density at radius 3 is 2.06 bits per heavy atom. The molecule has 2 aromatic carbocycles. The van der Waals surface area contributed by atoms with Gasteiger partial charge in [-0.05, 0) is 48.4 Å². The highest BCUT2D eigenvalue weighted by Gasteiger charge is 2.17. The van der Waals surface area contributed by atoms with Crippen LogP contribution in [-0.2, 0) is 16.0 Å². The summed E-state index contributed by atoms with van der Waals surface area (Å²) in [5, 5.41) is 0. The number of Topliss-reactive ketones (excluding diaryl/α,β-unsaturated/α-hetero) is 1. The van der Waals surface area contributed by atoms with Crippen LogP contribution < -0.4 is 14.2 Å². The molecule has 2 aromatic rings. The Hall–Kier alpha value is -3.02. The van der Waals surface area contributed by atoms with Crippen molar-refractivity contribution in [1.82, 2.24) is 0 Å². The Morgan fingerprint density at radius 2 is 1.50 bits per heavy atom. The molecule has 0 radical (unpaired) electrons. The highest BCUT2D eigenvalue weighted by Crippen LogP contribution is 2.38. The van der Waals surface area contributed by atoms with Gasteiger partial charge in [0.15, 0.2) is 23.9 Å². The largest absolute Gasteiger partial charge is 0.493 e. The zero-order chi connectivity index (χ0) is 22.9. The molecule has 1 aliphatic carbocycles. The molecule has 0 saturated heterocycles. The SMILES string of the molecule is COc1cc(CCC(=O)OCC(=O)c2ccc(C3CCCCC3)cc2)cc(OC)c1OC. The minimum absolute atomic E-state index is 0.145. The van der Waals surface area contributed by atoms with Crippen molar-refractivity contribution in [2.24, 2.45) is 0 Å². The van der Waals surface area contributed by atoms with Gasteiger partial charge >= 0.3 is 5.97 Å². The van der Waals surface area contributed by atoms with Crippen molar-refractivity contribution in [3.63, 3.8) is 0 Å². The molecular weight excluding hydrogens is 408 g/mol. The van der Waals surface area contributed by atoms with Crippen LogP contribution in [0.15, 0.2) is 36.4 Å². The van der Waals surface area contributed by atoms with Crippen molar-refractivity contribution in [1.29, 1.82) is 0 Å². The normalized spacial score (nSPS) is 14.0. The van der Waals surface area contributed by atoms with Gasteiger partial charge in [-0.25, -0.2) is 0 Å². The summed E-state index contributed by atoms with van der Waals surface area (Å²) < 4.78 is 21.2. The van der Waals surface area contributed by atoms with Gasteiger partial charge in [0.1, 0.15) is 0 Å². The van der Waals surface area contributed by atoms with Crippen LogP contribution in [0.4, 0.5) is 0 Å². The lowest BCUT2D eigenvalue weighted by atomic mass is 9.84. The topological polar surface area (TPSA) is 71.1 Å². The fourth-order valence-corrected chi connectivity index (χ4v) is 4.20. The Labute approximate surface area is 189 Å². The van der Waals surface area contributed by atoms with Crippen LogP contribution in [0.2, 0.25) is 0 Å². The van der Waals surface area contributed by atoms with Gasteiger partial charge in [0.2, 0.25) is 5.75 Å². The van der Waals surface area contributed by atoms with E-state index in [-0.39, 0.29) is 18.8 Å². The first-order valence-corrected chi connectivity index (χ1v) is 11.1. The van der Waals surface area contributed by atoms with Crippen LogP contribution in [0.25, 0.3) is 0 Å². The number of methoxy groups -OCH3 is 3. The van der Waals surface area contributed by atoms with Gasteiger partial charge < -0.3 is 18.9 Å². The van der Waals surface area contributed by atoms with Crippen LogP contribution in [-0.4, -0.2) is 39.7 Å². The maximum absolute atomic E-state index is 12.4. The standard InChI is InChI=1S/C26H32O6/c1-29-23-15-18(16-24(30-2)26(23)31-3)9-14-25(28)32-17-22(27)21-12-10-20(11-13-21)19-7-5-4-6-8-19/h10-13,15-16,19H,4-9,14,17H2,1-3H3. The van der Waals surface area contributed by atoms with Crippen LogP contribution in [0.3, 0.4) is 0 Å². The molecule has 1 fully saturated rings. The van der Waals surface area contributed by atoms with E-state index in [2.05, 4.69) is 0 Å². The molecule has 1 saturated carbocycles. The number of ether oxygens (including phenoxy) is 4. The lowest BCUT2D eigenvalue weighted by Crippen LogP contribution is -2.15. The summed E-state index contributed by atoms with van der Waals surface area (Å²) in [7, 11) is 4.63. The highest BCUT2D eigenvalue weighted by atomic mass is 16.5. The van der Waals surface area contributed by atoms with E-state index >= 15 is 0 Å². The molecule has 0 amide bonds. The zero-order valence-corrected chi connectivity index (χ0v) is 19.1. The molecule has 0 aliphatic heterocycles. The lowest BCUT2D eigenvalue weighted by molar-refractivity contribution is -0.142. The number of carbonyl (C=O) groups excluding carboxylic acids is 2. The molecule has 6 nitrogen and oxygen atoms in total. The summed E-state index contributed by atoms with van der Waals surface area (Å²) in [5.74, 6) is 1.54. The summed E-state index contributed by atoms with van der Waals surface area (Å²) in [6, 6.07) is 11.4. The highest BCUT2D eigenvalue weighted by molar-refractivity contribution is 5.98. The number of esters is 1. The molecule has 0 atom stereocenters. The van der Waals surface area contributed by atoms with Crippen LogP contribution in [0.1, 0.15) is 65.9 Å². The quantitative estimate of drug-likeness (QED) is 0.377. The predicted molar refractivity (Wildman–Crippen MR) is 122 cm³/mol. The second kappa shape index (κ2) is 11.6. The molecule has 0 bridgehead atoms. The number of benzene rings is 2. The van der Waals surface area contributed by atoms with E-state index in [1.54, 1.807) is 26.4 Å². The van der Waals surface area contributed by atoms with Gasteiger partial charge in [0.25, 0.3) is 0 Å². The van der Waals surface area contributed by atoms with Crippen LogP contribution >= 0.6 is 0 Å². The maximum Gasteiger partial charge on any atom is 0.306 e. The Balaban J connectivity index is 1.50. The van der Waals surface area contributed by atoms with Gasteiger partial charge in [-0.2, -0.15) is 0 Å². The first kappa shape index (κ1) is 23.6. The van der Waals surface area contributed by atoms with Crippen molar-refractivity contribution < 1.29 is 28.5 Å². The maximum atomic E-state index is 12.4. The van der Waals surface area contributed by atoms with E-state index in [9.17, 15) is 9.59 Å². The third-order valence-electron chi connectivity index (χ3n) is 6.02. The number of hydrogen-bond acceptors (Lipinski definition) is 6. The molecule has 1 aliphatic rings. The number of ketones is 1. The summed E-state index contributed by atoms with van der Waals surface area (Å²) in [5.41, 5.74) is 2.71. The van der Waals surface area contributed by atoms with E-state index < -0.39 is 5.97 Å². The summed E-state index contributed by atoms with van der Waals surface area (Å²) in [6.45, 7) is -0.253. The molecule has 172 valence electrons. The van der Waals surface area contributed by atoms with Crippen molar-refractivity contribution in [2.45, 2.75) is 50.9 Å². The molecule has 0 heterocycles. The van der Waals surface area contributed by atoms with E-state index in [0.717, 1.165) is 5.56 Å². The summed E-state index contributed by atoms with van der Waals surface area (Å²) in [4.78, 5) is 24.6. The van der Waals surface area contributed by atoms with Gasteiger partial charge in [-0.1, -0.05) is 43.5 Å². The summed E-state index contributed by atoms with van der Waals surface area (Å²) >= 11 is 0. The molecular formula is C26H32O6. The molecule has 0 unspecified atom stereocenters. The molecule has 6 heteroatoms. The third kappa shape index (κ3) is 6.02. The first-order valence-electron chi connectivity index (χ1n) is 11.1. The van der Waals surface area contributed by atoms with Crippen molar-refractivity contribution >= 4 is 11.8 Å². The average Bonchev–Trinajstić information content (AvgIpc) is 2.85. The van der Waals surface area contributed by atoms with Crippen LogP contribution in [0, 0.1) is 0 Å². The second-order valence-electron chi connectivity index (χ2n) is 8.07. The average molecular weight is 441 g/mol. The lowest BCUT2D eigenvalue weighted by Gasteiger charge is -2.22. The van der Waals surface area contributed by atoms with Gasteiger partial charge in [-0.3, -0.25) is 9.59 Å². The van der Waals surface area contributed by atoms with E-state index in [0.29, 0.717) is 35.2 Å². The van der Waals surface area contributed by atoms with Crippen molar-refractivity contribution in [3.05, 3.63) is 53.1 Å². The number of aryl methyl sites for hydroxylation is 1. The summed E-state index contributed by atoms with van der Waals surface area (Å²) in [6.07, 6.45) is 6.88. The van der Waals surface area contributed by atoms with E-state index in [1.807, 2.05) is 24.3 Å². The monoisotopic (exact) mass is 440 g/mol. The van der Waals surface area contributed by atoms with Crippen molar-refractivity contribution in [3.8, 4) is 17.2 Å². The molecule has 0 spiro atoms. The van der Waals surface area contributed by atoms with Crippen LogP contribution in [0.5, 0.6) is 17.2 Å². The number of hydrogen-bond donors (Lipinski definition) is 0. The Kier molecular flexibility index (Phi) is 8.54. The minimum atomic E-state index is -0.425. The Bertz CT molecular complexity index is 887. The fourth-order valence-electron chi connectivity index (χ4n) is 4.20. The smallest absolute Gasteiger partial charge is 0.306 e. The predicted octanol–water partition coefficient (Wildman–Crippen LogP) is 5.12. The third-order valence-corrected chi connectivity index (χ3v) is 6.02. The number of rotatable bonds is 10. The minimum Gasteiger partial charge on any atom is -0.493 e. The van der Waals surface area contributed by atoms with Gasteiger partial charge in [0.05, 0.1) is 21.3 Å². The molecule has 0 aromatic heterocycles.